The minimum atomic E-state index is -0.512. The van der Waals surface area contributed by atoms with E-state index in [1.54, 1.807) is 19.1 Å². The molecule has 5 rings (SSSR count). The van der Waals surface area contributed by atoms with E-state index in [4.69, 9.17) is 4.74 Å². The van der Waals surface area contributed by atoms with Gasteiger partial charge >= 0.3 is 11.4 Å². The summed E-state index contributed by atoms with van der Waals surface area (Å²) in [5.41, 5.74) is -0.339. The molecule has 0 amide bonds. The molecule has 0 spiro atoms. The molecule has 32 heavy (non-hydrogen) atoms. The fourth-order valence-corrected chi connectivity index (χ4v) is 5.78. The van der Waals surface area contributed by atoms with Crippen LogP contribution >= 0.6 is 11.3 Å². The van der Waals surface area contributed by atoms with Crippen molar-refractivity contribution in [2.24, 2.45) is 0 Å². The van der Waals surface area contributed by atoms with Gasteiger partial charge in [0.1, 0.15) is 10.8 Å². The predicted octanol–water partition coefficient (Wildman–Crippen LogP) is 2.36. The molecule has 2 bridgehead atoms. The molecule has 0 aliphatic carbocycles. The van der Waals surface area contributed by atoms with Crippen LogP contribution in [0.2, 0.25) is 0 Å². The SMILES string of the molecule is Cc1nn2c(=O)n(CCCN3C4CCC3CC(OCc3ccccc3F)C4)c(=O)nc2s1. The number of hydrogen-bond donors (Lipinski definition) is 0. The van der Waals surface area contributed by atoms with Gasteiger partial charge in [-0.25, -0.2) is 18.5 Å². The lowest BCUT2D eigenvalue weighted by atomic mass is 9.99. The van der Waals surface area contributed by atoms with Gasteiger partial charge < -0.3 is 4.74 Å². The van der Waals surface area contributed by atoms with Crippen molar-refractivity contribution in [1.29, 1.82) is 0 Å². The third kappa shape index (κ3) is 4.14. The molecule has 4 heterocycles. The summed E-state index contributed by atoms with van der Waals surface area (Å²) in [6.45, 7) is 3.23. The first kappa shape index (κ1) is 21.4. The Bertz CT molecular complexity index is 1220. The Morgan fingerprint density at radius 3 is 2.66 bits per heavy atom. The van der Waals surface area contributed by atoms with E-state index >= 15 is 0 Å². The van der Waals surface area contributed by atoms with E-state index < -0.39 is 11.4 Å². The Labute approximate surface area is 188 Å². The van der Waals surface area contributed by atoms with Gasteiger partial charge in [-0.2, -0.15) is 14.6 Å². The second-order valence-electron chi connectivity index (χ2n) is 8.62. The first-order valence-electron chi connectivity index (χ1n) is 11.1. The molecule has 2 aliphatic heterocycles. The van der Waals surface area contributed by atoms with Gasteiger partial charge in [-0.3, -0.25) is 4.90 Å². The molecule has 0 radical (unpaired) electrons. The lowest BCUT2D eigenvalue weighted by Gasteiger charge is -2.38. The van der Waals surface area contributed by atoms with Crippen molar-refractivity contribution in [2.45, 2.75) is 70.4 Å². The predicted molar refractivity (Wildman–Crippen MR) is 118 cm³/mol. The largest absolute Gasteiger partial charge is 0.373 e. The molecular weight excluding hydrogens is 433 g/mol. The van der Waals surface area contributed by atoms with Gasteiger partial charge in [0.2, 0.25) is 4.96 Å². The van der Waals surface area contributed by atoms with Crippen molar-refractivity contribution in [3.05, 3.63) is 61.6 Å². The van der Waals surface area contributed by atoms with Crippen LogP contribution in [0.15, 0.2) is 33.9 Å². The lowest BCUT2D eigenvalue weighted by molar-refractivity contribution is -0.0293. The zero-order chi connectivity index (χ0) is 22.2. The highest BCUT2D eigenvalue weighted by Gasteiger charge is 2.40. The minimum absolute atomic E-state index is 0.134. The molecule has 2 saturated heterocycles. The van der Waals surface area contributed by atoms with Crippen LogP contribution in [-0.4, -0.2) is 48.8 Å². The van der Waals surface area contributed by atoms with Gasteiger partial charge in [-0.15, -0.1) is 0 Å². The van der Waals surface area contributed by atoms with E-state index in [1.807, 2.05) is 6.07 Å². The average molecular weight is 460 g/mol. The summed E-state index contributed by atoms with van der Waals surface area (Å²) in [7, 11) is 0. The molecule has 170 valence electrons. The van der Waals surface area contributed by atoms with Crippen LogP contribution in [0.1, 0.15) is 42.7 Å². The highest BCUT2D eigenvalue weighted by Crippen LogP contribution is 2.37. The van der Waals surface area contributed by atoms with Crippen LogP contribution in [0.5, 0.6) is 0 Å². The van der Waals surface area contributed by atoms with Crippen LogP contribution < -0.4 is 11.4 Å². The Balaban J connectivity index is 1.18. The summed E-state index contributed by atoms with van der Waals surface area (Å²) in [5.74, 6) is -0.223. The third-order valence-electron chi connectivity index (χ3n) is 6.57. The molecule has 1 aromatic carbocycles. The fraction of sp³-hybridized carbons (Fsp3) is 0.545. The van der Waals surface area contributed by atoms with Crippen LogP contribution in [-0.2, 0) is 17.9 Å². The van der Waals surface area contributed by atoms with Crippen LogP contribution in [0.3, 0.4) is 0 Å². The molecule has 2 fully saturated rings. The maximum absolute atomic E-state index is 13.9. The smallest absolute Gasteiger partial charge is 0.355 e. The average Bonchev–Trinajstić information content (AvgIpc) is 3.24. The zero-order valence-electron chi connectivity index (χ0n) is 17.9. The van der Waals surface area contributed by atoms with Crippen molar-refractivity contribution >= 4 is 16.3 Å². The molecule has 0 saturated carbocycles. The number of halogens is 1. The second-order valence-corrected chi connectivity index (χ2v) is 9.78. The van der Waals surface area contributed by atoms with Gasteiger partial charge in [0, 0.05) is 30.7 Å². The van der Waals surface area contributed by atoms with E-state index in [2.05, 4.69) is 15.0 Å². The minimum Gasteiger partial charge on any atom is -0.373 e. The molecule has 0 N–H and O–H groups in total. The number of hydrogen-bond acceptors (Lipinski definition) is 7. The van der Waals surface area contributed by atoms with Crippen molar-refractivity contribution in [3.8, 4) is 0 Å². The summed E-state index contributed by atoms with van der Waals surface area (Å²) >= 11 is 1.23. The van der Waals surface area contributed by atoms with E-state index in [1.165, 1.54) is 26.5 Å². The molecular formula is C22H26FN5O3S. The van der Waals surface area contributed by atoms with Crippen molar-refractivity contribution < 1.29 is 9.13 Å². The molecule has 10 heteroatoms. The fourth-order valence-electron chi connectivity index (χ4n) is 5.06. The topological polar surface area (TPSA) is 81.7 Å². The molecule has 3 aromatic rings. The van der Waals surface area contributed by atoms with Gasteiger partial charge in [-0.1, -0.05) is 29.5 Å². The number of ether oxygens (including phenoxy) is 1. The van der Waals surface area contributed by atoms with Crippen LogP contribution in [0.25, 0.3) is 4.96 Å². The number of aryl methyl sites for hydroxylation is 1. The quantitative estimate of drug-likeness (QED) is 0.540. The summed E-state index contributed by atoms with van der Waals surface area (Å²) in [6.07, 6.45) is 4.93. The van der Waals surface area contributed by atoms with Crippen LogP contribution in [0.4, 0.5) is 4.39 Å². The summed E-state index contributed by atoms with van der Waals surface area (Å²) < 4.78 is 22.3. The summed E-state index contributed by atoms with van der Waals surface area (Å²) in [6, 6.07) is 7.60. The maximum atomic E-state index is 13.9. The van der Waals surface area contributed by atoms with Gasteiger partial charge in [0.25, 0.3) is 0 Å². The van der Waals surface area contributed by atoms with Gasteiger partial charge in [0.05, 0.1) is 12.7 Å². The Morgan fingerprint density at radius 2 is 1.91 bits per heavy atom. The van der Waals surface area contributed by atoms with Gasteiger partial charge in [0.15, 0.2) is 0 Å². The molecule has 2 aromatic heterocycles. The Hall–Kier alpha value is -2.43. The number of aromatic nitrogens is 4. The van der Waals surface area contributed by atoms with E-state index in [0.717, 1.165) is 32.2 Å². The number of nitrogens with zero attached hydrogens (tertiary/aromatic N) is 5. The van der Waals surface area contributed by atoms with E-state index in [9.17, 15) is 14.0 Å². The van der Waals surface area contributed by atoms with E-state index in [0.29, 0.717) is 47.2 Å². The Morgan fingerprint density at radius 1 is 1.16 bits per heavy atom. The number of benzene rings is 1. The molecule has 2 aliphatic rings. The van der Waals surface area contributed by atoms with E-state index in [-0.39, 0.29) is 11.9 Å². The normalized spacial score (nSPS) is 23.2. The van der Waals surface area contributed by atoms with Crippen LogP contribution in [0, 0.1) is 12.7 Å². The highest BCUT2D eigenvalue weighted by molar-refractivity contribution is 7.16. The Kier molecular flexibility index (Phi) is 5.92. The first-order valence-corrected chi connectivity index (χ1v) is 11.9. The third-order valence-corrected chi connectivity index (χ3v) is 7.39. The standard InChI is InChI=1S/C22H26FN5O3S/c1-14-25-28-21(32-14)24-20(29)27(22(28)30)10-4-9-26-16-7-8-17(26)12-18(11-16)31-13-15-5-2-3-6-19(15)23/h2-3,5-6,16-18H,4,7-13H2,1H3. The molecule has 2 atom stereocenters. The number of rotatable bonds is 7. The maximum Gasteiger partial charge on any atom is 0.355 e. The first-order chi connectivity index (χ1) is 15.5. The highest BCUT2D eigenvalue weighted by atomic mass is 32.1. The molecule has 8 nitrogen and oxygen atoms in total. The monoisotopic (exact) mass is 459 g/mol. The number of piperidine rings is 1. The molecule has 2 unspecified atom stereocenters. The summed E-state index contributed by atoms with van der Waals surface area (Å²) in [5, 5.41) is 4.85. The van der Waals surface area contributed by atoms with Crippen molar-refractivity contribution in [3.63, 3.8) is 0 Å². The van der Waals surface area contributed by atoms with Crippen molar-refractivity contribution in [1.82, 2.24) is 24.1 Å². The second kappa shape index (κ2) is 8.84. The lowest BCUT2D eigenvalue weighted by Crippen LogP contribution is -2.46. The van der Waals surface area contributed by atoms with Crippen molar-refractivity contribution in [2.75, 3.05) is 6.54 Å². The summed E-state index contributed by atoms with van der Waals surface area (Å²) in [4.78, 5) is 31.7. The van der Waals surface area contributed by atoms with Gasteiger partial charge in [-0.05, 0) is 45.1 Å². The zero-order valence-corrected chi connectivity index (χ0v) is 18.8. The number of fused-ring (bicyclic) bond motifs is 3.